The summed E-state index contributed by atoms with van der Waals surface area (Å²) in [6, 6.07) is 0. The first-order valence-corrected chi connectivity index (χ1v) is 5.93. The zero-order valence-corrected chi connectivity index (χ0v) is 9.52. The zero-order valence-electron chi connectivity index (χ0n) is 9.52. The van der Waals surface area contributed by atoms with Crippen molar-refractivity contribution in [3.8, 4) is 0 Å². The molecule has 0 radical (unpaired) electrons. The van der Waals surface area contributed by atoms with Gasteiger partial charge in [-0.05, 0) is 19.8 Å². The third-order valence-corrected chi connectivity index (χ3v) is 3.70. The summed E-state index contributed by atoms with van der Waals surface area (Å²) in [5, 5.41) is 8.16. The van der Waals surface area contributed by atoms with Gasteiger partial charge < -0.3 is 9.47 Å². The highest BCUT2D eigenvalue weighted by atomic mass is 16.2. The quantitative estimate of drug-likeness (QED) is 0.701. The van der Waals surface area contributed by atoms with Crippen molar-refractivity contribution >= 4 is 5.91 Å². The summed E-state index contributed by atoms with van der Waals surface area (Å²) in [5.41, 5.74) is 0. The van der Waals surface area contributed by atoms with Crippen LogP contribution in [0.2, 0.25) is 0 Å². The highest BCUT2D eigenvalue weighted by Crippen LogP contribution is 2.29. The molecule has 0 saturated heterocycles. The minimum atomic E-state index is 0.288. The number of rotatable bonds is 1. The molecule has 3 rings (SSSR count). The van der Waals surface area contributed by atoms with Crippen LogP contribution in [0.1, 0.15) is 30.9 Å². The van der Waals surface area contributed by atoms with Crippen molar-refractivity contribution in [1.82, 2.24) is 19.7 Å². The Morgan fingerprint density at radius 3 is 2.81 bits per heavy atom. The predicted molar refractivity (Wildman–Crippen MR) is 57.5 cm³/mol. The average molecular weight is 220 g/mol. The van der Waals surface area contributed by atoms with Gasteiger partial charge in [0.1, 0.15) is 5.82 Å². The van der Waals surface area contributed by atoms with Crippen LogP contribution in [0.5, 0.6) is 0 Å². The Labute approximate surface area is 94.5 Å². The van der Waals surface area contributed by atoms with Gasteiger partial charge in [0.2, 0.25) is 5.91 Å². The first kappa shape index (κ1) is 9.81. The third-order valence-electron chi connectivity index (χ3n) is 3.70. The van der Waals surface area contributed by atoms with Crippen LogP contribution in [0.15, 0.2) is 0 Å². The van der Waals surface area contributed by atoms with Gasteiger partial charge in [-0.3, -0.25) is 4.79 Å². The van der Waals surface area contributed by atoms with Crippen molar-refractivity contribution in [2.24, 2.45) is 5.92 Å². The van der Waals surface area contributed by atoms with E-state index in [9.17, 15) is 4.79 Å². The van der Waals surface area contributed by atoms with Crippen LogP contribution in [0.25, 0.3) is 0 Å². The van der Waals surface area contributed by atoms with Crippen LogP contribution in [-0.4, -0.2) is 32.1 Å². The topological polar surface area (TPSA) is 51.0 Å². The van der Waals surface area contributed by atoms with Crippen molar-refractivity contribution in [3.63, 3.8) is 0 Å². The number of carbonyl (C=O) groups excluding carboxylic acids is 1. The highest BCUT2D eigenvalue weighted by molar-refractivity contribution is 5.79. The summed E-state index contributed by atoms with van der Waals surface area (Å²) in [6.45, 7) is 4.24. The number of nitrogens with zero attached hydrogens (tertiary/aromatic N) is 4. The average Bonchev–Trinajstić information content (AvgIpc) is 2.57. The predicted octanol–water partition coefficient (Wildman–Crippen LogP) is 0.729. The van der Waals surface area contributed by atoms with E-state index in [1.807, 2.05) is 11.8 Å². The molecule has 5 nitrogen and oxygen atoms in total. The van der Waals surface area contributed by atoms with Gasteiger partial charge in [-0.1, -0.05) is 6.42 Å². The third kappa shape index (κ3) is 1.42. The number of aryl methyl sites for hydroxylation is 1. The maximum Gasteiger partial charge on any atom is 0.226 e. The molecule has 2 aliphatic rings. The summed E-state index contributed by atoms with van der Waals surface area (Å²) >= 11 is 0. The van der Waals surface area contributed by atoms with Crippen molar-refractivity contribution in [1.29, 1.82) is 0 Å². The lowest BCUT2D eigenvalue weighted by molar-refractivity contribution is -0.139. The summed E-state index contributed by atoms with van der Waals surface area (Å²) in [7, 11) is 0. The summed E-state index contributed by atoms with van der Waals surface area (Å²) in [4.78, 5) is 14.0. The highest BCUT2D eigenvalue weighted by Gasteiger charge is 2.31. The number of fused-ring (bicyclic) bond motifs is 1. The van der Waals surface area contributed by atoms with Crippen molar-refractivity contribution in [2.45, 2.75) is 39.3 Å². The fraction of sp³-hybridized carbons (Fsp3) is 0.727. The molecule has 1 saturated carbocycles. The fourth-order valence-corrected chi connectivity index (χ4v) is 2.40. The van der Waals surface area contributed by atoms with E-state index in [0.29, 0.717) is 12.5 Å². The maximum absolute atomic E-state index is 12.1. The van der Waals surface area contributed by atoms with E-state index in [-0.39, 0.29) is 5.92 Å². The second-order valence-corrected chi connectivity index (χ2v) is 4.70. The SMILES string of the molecule is Cc1nnc2n1CCN(C(=O)C1CCC1)C2. The van der Waals surface area contributed by atoms with E-state index in [0.717, 1.165) is 37.6 Å². The molecule has 1 fully saturated rings. The Balaban J connectivity index is 1.74. The lowest BCUT2D eigenvalue weighted by Crippen LogP contribution is -2.43. The molecule has 86 valence electrons. The largest absolute Gasteiger partial charge is 0.333 e. The van der Waals surface area contributed by atoms with E-state index < -0.39 is 0 Å². The summed E-state index contributed by atoms with van der Waals surface area (Å²) in [6.07, 6.45) is 3.35. The number of carbonyl (C=O) groups is 1. The number of hydrogen-bond acceptors (Lipinski definition) is 3. The van der Waals surface area contributed by atoms with Crippen LogP contribution in [0.3, 0.4) is 0 Å². The molecule has 2 heterocycles. The van der Waals surface area contributed by atoms with Crippen LogP contribution < -0.4 is 0 Å². The molecule has 0 N–H and O–H groups in total. The molecule has 5 heteroatoms. The van der Waals surface area contributed by atoms with Crippen LogP contribution in [0.4, 0.5) is 0 Å². The van der Waals surface area contributed by atoms with Crippen LogP contribution in [0, 0.1) is 12.8 Å². The Morgan fingerprint density at radius 1 is 1.31 bits per heavy atom. The van der Waals surface area contributed by atoms with Crippen LogP contribution >= 0.6 is 0 Å². The van der Waals surface area contributed by atoms with Crippen LogP contribution in [-0.2, 0) is 17.9 Å². The second kappa shape index (κ2) is 3.57. The minimum Gasteiger partial charge on any atom is -0.333 e. The lowest BCUT2D eigenvalue weighted by atomic mass is 9.84. The molecule has 1 aromatic heterocycles. The molecular weight excluding hydrogens is 204 g/mol. The van der Waals surface area contributed by atoms with E-state index >= 15 is 0 Å². The molecule has 1 amide bonds. The van der Waals surface area contributed by atoms with Gasteiger partial charge >= 0.3 is 0 Å². The lowest BCUT2D eigenvalue weighted by Gasteiger charge is -2.34. The smallest absolute Gasteiger partial charge is 0.226 e. The molecule has 16 heavy (non-hydrogen) atoms. The number of aromatic nitrogens is 3. The van der Waals surface area contributed by atoms with Crippen molar-refractivity contribution < 1.29 is 4.79 Å². The summed E-state index contributed by atoms with van der Waals surface area (Å²) < 4.78 is 2.10. The molecule has 0 unspecified atom stereocenters. The van der Waals surface area contributed by atoms with E-state index in [2.05, 4.69) is 14.8 Å². The molecule has 1 aliphatic heterocycles. The first-order chi connectivity index (χ1) is 7.75. The maximum atomic E-state index is 12.1. The Kier molecular flexibility index (Phi) is 2.19. The standard InChI is InChI=1S/C11H16N4O/c1-8-12-13-10-7-14(5-6-15(8)10)11(16)9-3-2-4-9/h9H,2-7H2,1H3. The van der Waals surface area contributed by atoms with E-state index in [1.54, 1.807) is 0 Å². The molecule has 0 spiro atoms. The van der Waals surface area contributed by atoms with Gasteiger partial charge in [-0.25, -0.2) is 0 Å². The first-order valence-electron chi connectivity index (χ1n) is 5.93. The van der Waals surface area contributed by atoms with Crippen molar-refractivity contribution in [2.75, 3.05) is 6.54 Å². The van der Waals surface area contributed by atoms with Gasteiger partial charge in [-0.2, -0.15) is 0 Å². The minimum absolute atomic E-state index is 0.288. The number of hydrogen-bond donors (Lipinski definition) is 0. The molecule has 1 aromatic rings. The zero-order chi connectivity index (χ0) is 11.1. The summed E-state index contributed by atoms with van der Waals surface area (Å²) in [5.74, 6) is 2.48. The molecule has 1 aliphatic carbocycles. The molecule has 0 atom stereocenters. The second-order valence-electron chi connectivity index (χ2n) is 4.70. The van der Waals surface area contributed by atoms with E-state index in [1.165, 1.54) is 6.42 Å². The molecule has 0 aromatic carbocycles. The van der Waals surface area contributed by atoms with Gasteiger partial charge in [0.05, 0.1) is 6.54 Å². The molecular formula is C11H16N4O. The monoisotopic (exact) mass is 220 g/mol. The Morgan fingerprint density at radius 2 is 2.12 bits per heavy atom. The Hall–Kier alpha value is -1.39. The van der Waals surface area contributed by atoms with Gasteiger partial charge in [-0.15, -0.1) is 10.2 Å². The van der Waals surface area contributed by atoms with Crippen molar-refractivity contribution in [3.05, 3.63) is 11.6 Å². The van der Waals surface area contributed by atoms with Gasteiger partial charge in [0.15, 0.2) is 5.82 Å². The number of amides is 1. The van der Waals surface area contributed by atoms with Gasteiger partial charge in [0, 0.05) is 19.0 Å². The van der Waals surface area contributed by atoms with E-state index in [4.69, 9.17) is 0 Å². The van der Waals surface area contributed by atoms with Gasteiger partial charge in [0.25, 0.3) is 0 Å². The normalized spacial score (nSPS) is 20.4. The Bertz CT molecular complexity index is 422. The molecule has 0 bridgehead atoms. The fourth-order valence-electron chi connectivity index (χ4n) is 2.40.